The summed E-state index contributed by atoms with van der Waals surface area (Å²) in [5.74, 6) is -0.346. The topological polar surface area (TPSA) is 49.8 Å². The zero-order chi connectivity index (χ0) is 15.8. The maximum atomic E-state index is 12.5. The fourth-order valence-corrected chi connectivity index (χ4v) is 2.26. The lowest BCUT2D eigenvalue weighted by Crippen LogP contribution is -2.41. The van der Waals surface area contributed by atoms with Gasteiger partial charge in [0.1, 0.15) is 5.75 Å². The molecule has 118 valence electrons. The first-order valence-corrected chi connectivity index (χ1v) is 7.00. The van der Waals surface area contributed by atoms with Crippen LogP contribution in [0.25, 0.3) is 0 Å². The molecule has 0 aliphatic heterocycles. The molecular weight excluding hydrogens is 280 g/mol. The summed E-state index contributed by atoms with van der Waals surface area (Å²) >= 11 is 0. The molecule has 0 unspecified atom stereocenters. The molecule has 0 saturated carbocycles. The monoisotopic (exact) mass is 301 g/mol. The van der Waals surface area contributed by atoms with Gasteiger partial charge in [0.05, 0.1) is 6.61 Å². The van der Waals surface area contributed by atoms with Crippen molar-refractivity contribution in [2.75, 3.05) is 13.2 Å². The second-order valence-electron chi connectivity index (χ2n) is 4.60. The highest BCUT2D eigenvalue weighted by molar-refractivity contribution is 5.94. The van der Waals surface area contributed by atoms with E-state index in [4.69, 9.17) is 5.11 Å². The van der Waals surface area contributed by atoms with E-state index in [0.717, 1.165) is 12.8 Å². The Kier molecular flexibility index (Phi) is 7.08. The van der Waals surface area contributed by atoms with Gasteiger partial charge in [0, 0.05) is 18.2 Å². The Labute approximate surface area is 123 Å². The van der Waals surface area contributed by atoms with Crippen LogP contribution in [0.4, 0.5) is 8.78 Å². The number of aliphatic hydroxyl groups excluding tert-OH is 1. The Hall–Kier alpha value is -1.69. The summed E-state index contributed by atoms with van der Waals surface area (Å²) in [7, 11) is 0. The number of hydrogen-bond donors (Lipinski definition) is 1. The predicted molar refractivity (Wildman–Crippen MR) is 75.6 cm³/mol. The van der Waals surface area contributed by atoms with Gasteiger partial charge < -0.3 is 14.7 Å². The zero-order valence-corrected chi connectivity index (χ0v) is 12.3. The van der Waals surface area contributed by atoms with E-state index in [2.05, 4.69) is 4.74 Å². The van der Waals surface area contributed by atoms with E-state index in [1.165, 1.54) is 18.2 Å². The molecule has 0 aliphatic carbocycles. The van der Waals surface area contributed by atoms with Crippen LogP contribution in [0, 0.1) is 0 Å². The maximum absolute atomic E-state index is 12.5. The van der Waals surface area contributed by atoms with Crippen LogP contribution in [0.15, 0.2) is 24.3 Å². The molecule has 1 amide bonds. The molecule has 1 aromatic carbocycles. The number of hydrogen-bond acceptors (Lipinski definition) is 3. The first kappa shape index (κ1) is 17.4. The minimum absolute atomic E-state index is 0.00400. The van der Waals surface area contributed by atoms with E-state index in [0.29, 0.717) is 0 Å². The van der Waals surface area contributed by atoms with Crippen LogP contribution in [0.1, 0.15) is 37.0 Å². The molecule has 0 saturated heterocycles. The van der Waals surface area contributed by atoms with Crippen LogP contribution in [0.5, 0.6) is 5.75 Å². The fraction of sp³-hybridized carbons (Fsp3) is 0.533. The Morgan fingerprint density at radius 1 is 1.33 bits per heavy atom. The summed E-state index contributed by atoms with van der Waals surface area (Å²) in [5.41, 5.74) is 0.272. The molecule has 0 atom stereocenters. The Morgan fingerprint density at radius 3 is 2.52 bits per heavy atom. The maximum Gasteiger partial charge on any atom is 0.387 e. The molecule has 1 N–H and O–H groups in total. The summed E-state index contributed by atoms with van der Waals surface area (Å²) in [6.45, 7) is 1.06. The van der Waals surface area contributed by atoms with Gasteiger partial charge in [-0.1, -0.05) is 19.9 Å². The van der Waals surface area contributed by atoms with Crippen molar-refractivity contribution < 1.29 is 23.4 Å². The molecule has 0 aromatic heterocycles. The van der Waals surface area contributed by atoms with Crippen molar-refractivity contribution in [3.63, 3.8) is 0 Å². The van der Waals surface area contributed by atoms with Crippen molar-refractivity contribution in [2.45, 2.75) is 39.3 Å². The third-order valence-corrected chi connectivity index (χ3v) is 3.29. The summed E-state index contributed by atoms with van der Waals surface area (Å²) in [6.07, 6.45) is 1.52. The number of nitrogens with zero attached hydrogens (tertiary/aromatic N) is 1. The number of ether oxygens (including phenoxy) is 1. The minimum Gasteiger partial charge on any atom is -0.435 e. The number of alkyl halides is 2. The smallest absolute Gasteiger partial charge is 0.387 e. The second-order valence-corrected chi connectivity index (χ2v) is 4.60. The van der Waals surface area contributed by atoms with Crippen molar-refractivity contribution in [1.29, 1.82) is 0 Å². The fourth-order valence-electron chi connectivity index (χ4n) is 2.26. The molecule has 4 nitrogen and oxygen atoms in total. The average molecular weight is 301 g/mol. The lowest BCUT2D eigenvalue weighted by molar-refractivity contribution is -0.0499. The highest BCUT2D eigenvalue weighted by Gasteiger charge is 2.22. The number of aliphatic hydroxyl groups is 1. The molecule has 21 heavy (non-hydrogen) atoms. The Balaban J connectivity index is 2.97. The van der Waals surface area contributed by atoms with E-state index < -0.39 is 6.61 Å². The lowest BCUT2D eigenvalue weighted by atomic mass is 10.1. The van der Waals surface area contributed by atoms with Gasteiger partial charge in [0.2, 0.25) is 0 Å². The van der Waals surface area contributed by atoms with Crippen LogP contribution in [-0.4, -0.2) is 41.7 Å². The highest BCUT2D eigenvalue weighted by Crippen LogP contribution is 2.19. The Morgan fingerprint density at radius 2 is 2.00 bits per heavy atom. The van der Waals surface area contributed by atoms with Gasteiger partial charge in [-0.3, -0.25) is 4.79 Å². The molecule has 0 radical (unpaired) electrons. The minimum atomic E-state index is -2.93. The Bertz CT molecular complexity index is 450. The number of benzene rings is 1. The van der Waals surface area contributed by atoms with Gasteiger partial charge >= 0.3 is 6.61 Å². The van der Waals surface area contributed by atoms with Crippen LogP contribution >= 0.6 is 0 Å². The molecule has 0 bridgehead atoms. The lowest BCUT2D eigenvalue weighted by Gasteiger charge is -2.30. The summed E-state index contributed by atoms with van der Waals surface area (Å²) in [6, 6.07) is 5.71. The van der Waals surface area contributed by atoms with Gasteiger partial charge in [0.25, 0.3) is 5.91 Å². The van der Waals surface area contributed by atoms with E-state index in [1.807, 2.05) is 13.8 Å². The summed E-state index contributed by atoms with van der Waals surface area (Å²) in [4.78, 5) is 14.1. The van der Waals surface area contributed by atoms with Crippen molar-refractivity contribution in [3.05, 3.63) is 29.8 Å². The first-order valence-electron chi connectivity index (χ1n) is 7.00. The largest absolute Gasteiger partial charge is 0.435 e. The quantitative estimate of drug-likeness (QED) is 0.803. The van der Waals surface area contributed by atoms with Crippen molar-refractivity contribution in [2.24, 2.45) is 0 Å². The molecule has 1 aromatic rings. The van der Waals surface area contributed by atoms with Crippen LogP contribution in [0.3, 0.4) is 0 Å². The van der Waals surface area contributed by atoms with E-state index in [9.17, 15) is 13.6 Å². The van der Waals surface area contributed by atoms with Crippen molar-refractivity contribution >= 4 is 5.91 Å². The van der Waals surface area contributed by atoms with Crippen molar-refractivity contribution in [3.8, 4) is 5.75 Å². The van der Waals surface area contributed by atoms with Gasteiger partial charge in [-0.2, -0.15) is 8.78 Å². The van der Waals surface area contributed by atoms with Gasteiger partial charge in [-0.15, -0.1) is 0 Å². The van der Waals surface area contributed by atoms with Gasteiger partial charge in [-0.25, -0.2) is 0 Å². The summed E-state index contributed by atoms with van der Waals surface area (Å²) < 4.78 is 28.7. The van der Waals surface area contributed by atoms with Gasteiger partial charge in [-0.05, 0) is 31.0 Å². The first-order chi connectivity index (χ1) is 10.0. The van der Waals surface area contributed by atoms with E-state index >= 15 is 0 Å². The third kappa shape index (κ3) is 4.97. The molecule has 1 rings (SSSR count). The SMILES string of the molecule is CCC(CC)N(CCO)C(=O)c1cccc(OC(F)F)c1. The van der Waals surface area contributed by atoms with Crippen LogP contribution in [-0.2, 0) is 0 Å². The van der Waals surface area contributed by atoms with Crippen molar-refractivity contribution in [1.82, 2.24) is 4.90 Å². The summed E-state index contributed by atoms with van der Waals surface area (Å²) in [5, 5.41) is 9.13. The molecule has 0 spiro atoms. The van der Waals surface area contributed by atoms with Crippen LogP contribution in [0.2, 0.25) is 0 Å². The number of rotatable bonds is 8. The average Bonchev–Trinajstić information content (AvgIpc) is 2.46. The predicted octanol–water partition coefficient (Wildman–Crippen LogP) is 2.91. The molecule has 6 heteroatoms. The molecular formula is C15H21F2NO3. The molecule has 0 aliphatic rings. The van der Waals surface area contributed by atoms with Crippen LogP contribution < -0.4 is 4.74 Å². The molecule has 0 heterocycles. The number of halogens is 2. The zero-order valence-electron chi connectivity index (χ0n) is 12.3. The normalized spacial score (nSPS) is 11.0. The highest BCUT2D eigenvalue weighted by atomic mass is 19.3. The number of carbonyl (C=O) groups is 1. The standard InChI is InChI=1S/C15H21F2NO3/c1-3-12(4-2)18(8-9-19)14(20)11-6-5-7-13(10-11)21-15(16)17/h5-7,10,12,15,19H,3-4,8-9H2,1-2H3. The second kappa shape index (κ2) is 8.56. The number of carbonyl (C=O) groups excluding carboxylic acids is 1. The van der Waals surface area contributed by atoms with E-state index in [-0.39, 0.29) is 36.4 Å². The van der Waals surface area contributed by atoms with Gasteiger partial charge in [0.15, 0.2) is 0 Å². The number of amides is 1. The molecule has 0 fully saturated rings. The van der Waals surface area contributed by atoms with E-state index in [1.54, 1.807) is 11.0 Å². The third-order valence-electron chi connectivity index (χ3n) is 3.29.